The van der Waals surface area contributed by atoms with E-state index in [9.17, 15) is 9.59 Å². The van der Waals surface area contributed by atoms with Gasteiger partial charge in [-0.2, -0.15) is 0 Å². The Hall–Kier alpha value is -3.13. The minimum Gasteiger partial charge on any atom is -0.487 e. The number of pyridine rings is 1. The number of hydrogen-bond acceptors (Lipinski definition) is 5. The standard InChI is InChI=1S/C27H32ClN5O3/c1-26(2)13-22(34)33(25(29)32-26)23(15-6-5-9-30-14-15)18-11-19(18)24(35)31-20-12-27(3,4)36-21-10-16(28)7-8-17(20)21/h5-10,14,18-20,23H,11-13H2,1-4H3,(H2,29,32)(H,31,35)/t18-,19-,20+,23-/m1/s1. The molecule has 2 aliphatic heterocycles. The number of guanidine groups is 1. The highest BCUT2D eigenvalue weighted by molar-refractivity contribution is 6.30. The van der Waals surface area contributed by atoms with E-state index in [1.807, 2.05) is 52.0 Å². The average molecular weight is 510 g/mol. The van der Waals surface area contributed by atoms with Crippen LogP contribution in [0.2, 0.25) is 5.02 Å². The van der Waals surface area contributed by atoms with Crippen molar-refractivity contribution in [1.82, 2.24) is 20.5 Å². The molecule has 36 heavy (non-hydrogen) atoms. The van der Waals surface area contributed by atoms with Crippen LogP contribution < -0.4 is 15.4 Å². The van der Waals surface area contributed by atoms with E-state index >= 15 is 0 Å². The number of benzene rings is 1. The summed E-state index contributed by atoms with van der Waals surface area (Å²) in [4.78, 5) is 32.4. The van der Waals surface area contributed by atoms with Crippen LogP contribution in [0.15, 0.2) is 42.7 Å². The highest BCUT2D eigenvalue weighted by atomic mass is 35.5. The number of nitrogens with zero attached hydrogens (tertiary/aromatic N) is 2. The number of rotatable bonds is 5. The number of aromatic nitrogens is 1. The Bertz CT molecular complexity index is 1200. The van der Waals surface area contributed by atoms with E-state index in [2.05, 4.69) is 15.6 Å². The lowest BCUT2D eigenvalue weighted by atomic mass is 9.89. The molecule has 0 unspecified atom stereocenters. The van der Waals surface area contributed by atoms with Crippen molar-refractivity contribution in [3.63, 3.8) is 0 Å². The quantitative estimate of drug-likeness (QED) is 0.555. The summed E-state index contributed by atoms with van der Waals surface area (Å²) in [5.41, 5.74) is 0.790. The van der Waals surface area contributed by atoms with Crippen LogP contribution in [0, 0.1) is 17.2 Å². The lowest BCUT2D eigenvalue weighted by Crippen LogP contribution is -2.60. The molecule has 0 spiro atoms. The first kappa shape index (κ1) is 24.6. The monoisotopic (exact) mass is 509 g/mol. The van der Waals surface area contributed by atoms with Crippen LogP contribution in [0.25, 0.3) is 0 Å². The number of carbonyl (C=O) groups excluding carboxylic acids is 2. The van der Waals surface area contributed by atoms with Gasteiger partial charge in [0.1, 0.15) is 11.4 Å². The lowest BCUT2D eigenvalue weighted by Gasteiger charge is -2.42. The summed E-state index contributed by atoms with van der Waals surface area (Å²) in [6.07, 6.45) is 4.93. The fourth-order valence-electron chi connectivity index (χ4n) is 5.54. The summed E-state index contributed by atoms with van der Waals surface area (Å²) in [7, 11) is 0. The van der Waals surface area contributed by atoms with Gasteiger partial charge in [-0.3, -0.25) is 24.9 Å². The van der Waals surface area contributed by atoms with E-state index in [4.69, 9.17) is 21.7 Å². The van der Waals surface area contributed by atoms with Gasteiger partial charge in [0.2, 0.25) is 11.8 Å². The van der Waals surface area contributed by atoms with Crippen molar-refractivity contribution in [3.8, 4) is 5.75 Å². The molecule has 3 aliphatic rings. The van der Waals surface area contributed by atoms with Gasteiger partial charge in [-0.25, -0.2) is 0 Å². The van der Waals surface area contributed by atoms with Crippen LogP contribution >= 0.6 is 11.6 Å². The molecule has 5 rings (SSSR count). The van der Waals surface area contributed by atoms with Crippen LogP contribution in [0.1, 0.15) is 70.2 Å². The number of amides is 2. The lowest BCUT2D eigenvalue weighted by molar-refractivity contribution is -0.133. The minimum absolute atomic E-state index is 0.0539. The van der Waals surface area contributed by atoms with Gasteiger partial charge in [-0.1, -0.05) is 23.7 Å². The summed E-state index contributed by atoms with van der Waals surface area (Å²) < 4.78 is 6.11. The molecule has 2 amide bonds. The zero-order chi connectivity index (χ0) is 25.8. The maximum Gasteiger partial charge on any atom is 0.232 e. The van der Waals surface area contributed by atoms with Crippen molar-refractivity contribution in [2.75, 3.05) is 0 Å². The van der Waals surface area contributed by atoms with Crippen molar-refractivity contribution >= 4 is 29.4 Å². The number of ether oxygens (including phenoxy) is 1. The maximum absolute atomic E-state index is 13.5. The predicted molar refractivity (Wildman–Crippen MR) is 137 cm³/mol. The molecule has 9 heteroatoms. The highest BCUT2D eigenvalue weighted by Crippen LogP contribution is 2.51. The van der Waals surface area contributed by atoms with Gasteiger partial charge in [0.25, 0.3) is 0 Å². The average Bonchev–Trinajstić information content (AvgIpc) is 3.55. The van der Waals surface area contributed by atoms with Crippen molar-refractivity contribution in [3.05, 3.63) is 58.9 Å². The van der Waals surface area contributed by atoms with Crippen molar-refractivity contribution in [1.29, 1.82) is 5.41 Å². The molecule has 1 saturated heterocycles. The Labute approximate surface area is 216 Å². The second-order valence-electron chi connectivity index (χ2n) is 11.3. The molecule has 190 valence electrons. The minimum atomic E-state index is -0.489. The van der Waals surface area contributed by atoms with Crippen molar-refractivity contribution in [2.45, 2.75) is 70.2 Å². The van der Waals surface area contributed by atoms with E-state index in [1.165, 1.54) is 4.90 Å². The molecule has 1 aromatic carbocycles. The first-order chi connectivity index (χ1) is 16.9. The van der Waals surface area contributed by atoms with E-state index in [0.29, 0.717) is 23.6 Å². The number of carbonyl (C=O) groups is 2. The Morgan fingerprint density at radius 2 is 2.08 bits per heavy atom. The SMILES string of the molecule is CC1(C)CC(=O)N([C@H](c2cccnc2)[C@@H]2C[C@H]2C(=O)N[C@H]2CC(C)(C)Oc3cc(Cl)ccc32)C(=N)N1. The molecular formula is C27H32ClN5O3. The topological polar surface area (TPSA) is 107 Å². The van der Waals surface area contributed by atoms with E-state index in [-0.39, 0.29) is 42.1 Å². The predicted octanol–water partition coefficient (Wildman–Crippen LogP) is 4.37. The smallest absolute Gasteiger partial charge is 0.232 e. The Morgan fingerprint density at radius 3 is 2.78 bits per heavy atom. The largest absolute Gasteiger partial charge is 0.487 e. The van der Waals surface area contributed by atoms with Gasteiger partial charge < -0.3 is 15.4 Å². The Kier molecular flexibility index (Phi) is 5.98. The third-order valence-electron chi connectivity index (χ3n) is 7.20. The maximum atomic E-state index is 13.5. The molecule has 1 aromatic heterocycles. The van der Waals surface area contributed by atoms with Gasteiger partial charge >= 0.3 is 0 Å². The summed E-state index contributed by atoms with van der Waals surface area (Å²) in [5, 5.41) is 15.6. The van der Waals surface area contributed by atoms with Crippen molar-refractivity contribution in [2.24, 2.45) is 11.8 Å². The van der Waals surface area contributed by atoms with Crippen LogP contribution in [0.3, 0.4) is 0 Å². The van der Waals surface area contributed by atoms with Gasteiger partial charge in [0.15, 0.2) is 5.96 Å². The highest BCUT2D eigenvalue weighted by Gasteiger charge is 2.53. The van der Waals surface area contributed by atoms with Crippen LogP contribution in [0.4, 0.5) is 0 Å². The van der Waals surface area contributed by atoms with Crippen LogP contribution in [-0.2, 0) is 9.59 Å². The summed E-state index contributed by atoms with van der Waals surface area (Å²) in [5.74, 6) is 0.188. The summed E-state index contributed by atoms with van der Waals surface area (Å²) >= 11 is 6.18. The summed E-state index contributed by atoms with van der Waals surface area (Å²) in [6.45, 7) is 7.81. The normalized spacial score (nSPS) is 26.8. The third kappa shape index (κ3) is 4.78. The van der Waals surface area contributed by atoms with Gasteiger partial charge in [0, 0.05) is 47.3 Å². The molecule has 2 fully saturated rings. The van der Waals surface area contributed by atoms with E-state index in [0.717, 1.165) is 11.1 Å². The molecule has 3 heterocycles. The third-order valence-corrected chi connectivity index (χ3v) is 7.43. The molecule has 8 nitrogen and oxygen atoms in total. The zero-order valence-corrected chi connectivity index (χ0v) is 21.7. The van der Waals surface area contributed by atoms with E-state index in [1.54, 1.807) is 18.5 Å². The Morgan fingerprint density at radius 1 is 1.31 bits per heavy atom. The molecule has 0 bridgehead atoms. The number of fused-ring (bicyclic) bond motifs is 1. The second kappa shape index (κ2) is 8.76. The first-order valence-electron chi connectivity index (χ1n) is 12.3. The molecule has 1 aliphatic carbocycles. The molecule has 2 aromatic rings. The fraction of sp³-hybridized carbons (Fsp3) is 0.481. The molecule has 4 atom stereocenters. The molecule has 3 N–H and O–H groups in total. The van der Waals surface area contributed by atoms with Gasteiger partial charge in [0.05, 0.1) is 12.1 Å². The molecular weight excluding hydrogens is 478 g/mol. The first-order valence-corrected chi connectivity index (χ1v) is 12.7. The fourth-order valence-corrected chi connectivity index (χ4v) is 5.71. The van der Waals surface area contributed by atoms with Crippen molar-refractivity contribution < 1.29 is 14.3 Å². The van der Waals surface area contributed by atoms with Gasteiger partial charge in [-0.05, 0) is 63.8 Å². The zero-order valence-electron chi connectivity index (χ0n) is 21.0. The molecule has 0 radical (unpaired) electrons. The second-order valence-corrected chi connectivity index (χ2v) is 11.8. The number of hydrogen-bond donors (Lipinski definition) is 3. The molecule has 1 saturated carbocycles. The Balaban J connectivity index is 1.38. The number of nitrogens with one attached hydrogen (secondary N) is 3. The van der Waals surface area contributed by atoms with Crippen LogP contribution in [0.5, 0.6) is 5.75 Å². The van der Waals surface area contributed by atoms with E-state index < -0.39 is 17.2 Å². The van der Waals surface area contributed by atoms with Crippen LogP contribution in [-0.4, -0.2) is 38.8 Å². The summed E-state index contributed by atoms with van der Waals surface area (Å²) in [6, 6.07) is 8.59. The number of halogens is 1. The van der Waals surface area contributed by atoms with Gasteiger partial charge in [-0.15, -0.1) is 0 Å².